The zero-order valence-corrected chi connectivity index (χ0v) is 11.7. The van der Waals surface area contributed by atoms with E-state index in [0.717, 1.165) is 0 Å². The molecular formula is C10H13IN3O3-. The van der Waals surface area contributed by atoms with Gasteiger partial charge in [-0.1, -0.05) is 0 Å². The number of aromatic nitrogens is 2. The van der Waals surface area contributed by atoms with Gasteiger partial charge in [-0.2, -0.15) is 0 Å². The number of imidazole rings is 1. The van der Waals surface area contributed by atoms with Crippen LogP contribution in [0.1, 0.15) is 13.8 Å². The maximum atomic E-state index is 11.5. The number of ether oxygens (including phenoxy) is 1. The van der Waals surface area contributed by atoms with Gasteiger partial charge >= 0.3 is 110 Å². The van der Waals surface area contributed by atoms with Gasteiger partial charge in [-0.25, -0.2) is 0 Å². The number of esters is 1. The normalized spacial score (nSPS) is 11.9. The first-order chi connectivity index (χ1) is 8.00. The van der Waals surface area contributed by atoms with E-state index in [0.29, 0.717) is 5.57 Å². The molecule has 0 saturated carbocycles. The Morgan fingerprint density at radius 3 is 2.82 bits per heavy atom. The van der Waals surface area contributed by atoms with Crippen LogP contribution in [0.5, 0.6) is 0 Å². The average Bonchev–Trinajstić information content (AvgIpc) is 2.79. The summed E-state index contributed by atoms with van der Waals surface area (Å²) in [5, 5.41) is 0. The zero-order chi connectivity index (χ0) is 12.8. The Balaban J connectivity index is 2.33. The molecular weight excluding hydrogens is 337 g/mol. The molecule has 1 N–H and O–H groups in total. The summed E-state index contributed by atoms with van der Waals surface area (Å²) in [4.78, 5) is 26.5. The monoisotopic (exact) mass is 350 g/mol. The molecule has 1 aromatic rings. The van der Waals surface area contributed by atoms with Gasteiger partial charge in [-0.05, 0) is 0 Å². The van der Waals surface area contributed by atoms with Crippen LogP contribution in [0, 0.1) is 0 Å². The Labute approximate surface area is 110 Å². The molecule has 1 rings (SSSR count). The van der Waals surface area contributed by atoms with Crippen molar-refractivity contribution >= 4 is 12.0 Å². The Morgan fingerprint density at radius 1 is 1.59 bits per heavy atom. The molecule has 0 bridgehead atoms. The second kappa shape index (κ2) is 6.38. The van der Waals surface area contributed by atoms with E-state index in [9.17, 15) is 9.59 Å². The topological polar surface area (TPSA) is 73.2 Å². The van der Waals surface area contributed by atoms with Gasteiger partial charge in [-0.15, -0.1) is 0 Å². The number of carbonyl (C=O) groups excluding carboxylic acids is 2. The summed E-state index contributed by atoms with van der Waals surface area (Å²) in [5.41, 5.74) is 0.349. The molecule has 7 heteroatoms. The van der Waals surface area contributed by atoms with E-state index in [2.05, 4.69) is 15.1 Å². The standard InChI is InChI=1S/C10H13IN3O3/c1-7(2)9(15)17-8(3)11-13-10(16)14-5-4-12-6-14/h4-6,8H,1H2,2-3H3,(H,13,16)/q-1. The van der Waals surface area contributed by atoms with Gasteiger partial charge in [0.25, 0.3) is 0 Å². The van der Waals surface area contributed by atoms with Crippen LogP contribution in [0.4, 0.5) is 4.79 Å². The predicted octanol–water partition coefficient (Wildman–Crippen LogP) is -2.09. The fraction of sp³-hybridized carbons (Fsp3) is 0.300. The fourth-order valence-electron chi connectivity index (χ4n) is 0.822. The number of hydrogen-bond acceptors (Lipinski definition) is 4. The van der Waals surface area contributed by atoms with E-state index in [4.69, 9.17) is 4.74 Å². The van der Waals surface area contributed by atoms with E-state index in [-0.39, 0.29) is 10.1 Å². The third-order valence-corrected chi connectivity index (χ3v) is 3.55. The van der Waals surface area contributed by atoms with Crippen molar-refractivity contribution in [3.05, 3.63) is 30.9 Å². The van der Waals surface area contributed by atoms with Gasteiger partial charge < -0.3 is 0 Å². The van der Waals surface area contributed by atoms with E-state index in [1.54, 1.807) is 20.0 Å². The molecule has 0 aliphatic carbocycles. The van der Waals surface area contributed by atoms with Crippen LogP contribution in [0.15, 0.2) is 30.9 Å². The first-order valence-electron chi connectivity index (χ1n) is 4.78. The van der Waals surface area contributed by atoms with Crippen molar-refractivity contribution in [3.63, 3.8) is 0 Å². The molecule has 1 unspecified atom stereocenters. The summed E-state index contributed by atoms with van der Waals surface area (Å²) >= 11 is -0.776. The summed E-state index contributed by atoms with van der Waals surface area (Å²) in [7, 11) is 0. The van der Waals surface area contributed by atoms with Crippen molar-refractivity contribution in [3.8, 4) is 0 Å². The van der Waals surface area contributed by atoms with Crippen LogP contribution in [0.2, 0.25) is 0 Å². The van der Waals surface area contributed by atoms with Crippen molar-refractivity contribution in [1.29, 1.82) is 0 Å². The maximum absolute atomic E-state index is 11.5. The van der Waals surface area contributed by atoms with Crippen LogP contribution < -0.4 is 25.0 Å². The van der Waals surface area contributed by atoms with Crippen molar-refractivity contribution in [1.82, 2.24) is 13.1 Å². The molecule has 6 nitrogen and oxygen atoms in total. The molecule has 1 atom stereocenters. The third kappa shape index (κ3) is 4.55. The van der Waals surface area contributed by atoms with Crippen molar-refractivity contribution in [2.45, 2.75) is 18.0 Å². The van der Waals surface area contributed by atoms with Crippen molar-refractivity contribution < 1.29 is 35.8 Å². The molecule has 0 fully saturated rings. The van der Waals surface area contributed by atoms with Crippen LogP contribution in [-0.2, 0) is 9.53 Å². The quantitative estimate of drug-likeness (QED) is 0.222. The van der Waals surface area contributed by atoms with Gasteiger partial charge in [0.05, 0.1) is 0 Å². The summed E-state index contributed by atoms with van der Waals surface area (Å²) in [6.07, 6.45) is 4.47. The molecule has 0 saturated heterocycles. The number of hydrogen-bond donors (Lipinski definition) is 1. The molecule has 17 heavy (non-hydrogen) atoms. The predicted molar refractivity (Wildman–Crippen MR) is 56.5 cm³/mol. The number of rotatable bonds is 4. The van der Waals surface area contributed by atoms with E-state index >= 15 is 0 Å². The molecule has 0 radical (unpaired) electrons. The first-order valence-corrected chi connectivity index (χ1v) is 7.10. The number of alkyl halides is 1. The number of carbonyl (C=O) groups is 2. The fourth-order valence-corrected chi connectivity index (χ4v) is 2.16. The Hall–Kier alpha value is -1.38. The average molecular weight is 350 g/mol. The summed E-state index contributed by atoms with van der Waals surface area (Å²) in [6, 6.07) is -0.270. The molecule has 1 amide bonds. The minimum atomic E-state index is -0.776. The zero-order valence-electron chi connectivity index (χ0n) is 9.51. The number of nitrogens with one attached hydrogen (secondary N) is 1. The van der Waals surface area contributed by atoms with Crippen molar-refractivity contribution in [2.24, 2.45) is 0 Å². The molecule has 94 valence electrons. The van der Waals surface area contributed by atoms with E-state index in [1.807, 2.05) is 0 Å². The van der Waals surface area contributed by atoms with E-state index in [1.165, 1.54) is 17.1 Å². The second-order valence-corrected chi connectivity index (χ2v) is 6.12. The van der Waals surface area contributed by atoms with Crippen LogP contribution in [0.3, 0.4) is 0 Å². The number of halogens is 1. The Bertz CT molecular complexity index is 416. The first kappa shape index (κ1) is 13.7. The summed E-state index contributed by atoms with van der Waals surface area (Å²) in [5.74, 6) is -0.436. The minimum absolute atomic E-state index is 0.270. The summed E-state index contributed by atoms with van der Waals surface area (Å²) < 4.78 is 8.79. The second-order valence-electron chi connectivity index (χ2n) is 3.21. The van der Waals surface area contributed by atoms with Gasteiger partial charge in [-0.3, -0.25) is 0 Å². The summed E-state index contributed by atoms with van der Waals surface area (Å²) in [6.45, 7) is 6.80. The van der Waals surface area contributed by atoms with Gasteiger partial charge in [0, 0.05) is 0 Å². The molecule has 0 aromatic carbocycles. The molecule has 1 aromatic heterocycles. The SMILES string of the molecule is C=C(C)C(=O)OC(C)[I-]NC(=O)n1ccnc1. The number of amides is 1. The molecule has 0 spiro atoms. The van der Waals surface area contributed by atoms with Gasteiger partial charge in [0.1, 0.15) is 0 Å². The van der Waals surface area contributed by atoms with Gasteiger partial charge in [0.15, 0.2) is 0 Å². The third-order valence-electron chi connectivity index (χ3n) is 1.65. The van der Waals surface area contributed by atoms with Crippen LogP contribution in [0.25, 0.3) is 0 Å². The van der Waals surface area contributed by atoms with Crippen molar-refractivity contribution in [2.75, 3.05) is 0 Å². The molecule has 0 aliphatic heterocycles. The molecule has 1 heterocycles. The van der Waals surface area contributed by atoms with Crippen LogP contribution in [-0.4, -0.2) is 25.7 Å². The Kier molecular flexibility index (Phi) is 5.13. The van der Waals surface area contributed by atoms with E-state index < -0.39 is 27.4 Å². The van der Waals surface area contributed by atoms with Gasteiger partial charge in [0.2, 0.25) is 0 Å². The Morgan fingerprint density at radius 2 is 2.29 bits per heavy atom. The van der Waals surface area contributed by atoms with Crippen LogP contribution >= 0.6 is 0 Å². The number of nitrogens with zero attached hydrogens (tertiary/aromatic N) is 2. The molecule has 0 aliphatic rings.